The highest BCUT2D eigenvalue weighted by Crippen LogP contribution is 2.34. The van der Waals surface area contributed by atoms with Gasteiger partial charge in [-0.2, -0.15) is 4.99 Å². The molecular weight excluding hydrogens is 376 g/mol. The van der Waals surface area contributed by atoms with Crippen molar-refractivity contribution in [3.05, 3.63) is 28.7 Å². The lowest BCUT2D eigenvalue weighted by Gasteiger charge is -2.35. The normalized spacial score (nSPS) is 23.9. The van der Waals surface area contributed by atoms with E-state index < -0.39 is 0 Å². The summed E-state index contributed by atoms with van der Waals surface area (Å²) in [6, 6.07) is 5.71. The molecule has 0 aliphatic carbocycles. The van der Waals surface area contributed by atoms with Gasteiger partial charge in [-0.05, 0) is 55.8 Å². The lowest BCUT2D eigenvalue weighted by atomic mass is 10.2. The zero-order valence-corrected chi connectivity index (χ0v) is 17.8. The summed E-state index contributed by atoms with van der Waals surface area (Å²) in [5, 5.41) is 0.754. The van der Waals surface area contributed by atoms with Crippen LogP contribution in [0.2, 0.25) is 0 Å². The molecule has 7 heteroatoms. The summed E-state index contributed by atoms with van der Waals surface area (Å²) in [7, 11) is 1.62. The number of unbranched alkanes of at least 4 members (excludes halogenated alkanes) is 1. The van der Waals surface area contributed by atoms with E-state index in [9.17, 15) is 4.79 Å². The minimum atomic E-state index is -0.200. The average molecular weight is 405 g/mol. The van der Waals surface area contributed by atoms with Gasteiger partial charge in [-0.1, -0.05) is 19.4 Å². The van der Waals surface area contributed by atoms with Gasteiger partial charge in [0.15, 0.2) is 16.7 Å². The molecule has 0 radical (unpaired) electrons. The first-order chi connectivity index (χ1) is 13.5. The van der Waals surface area contributed by atoms with Gasteiger partial charge in [-0.3, -0.25) is 4.79 Å². The van der Waals surface area contributed by atoms with Crippen molar-refractivity contribution >= 4 is 28.9 Å². The Bertz CT molecular complexity index is 768. The van der Waals surface area contributed by atoms with Crippen LogP contribution in [0.25, 0.3) is 6.08 Å². The molecule has 3 rings (SSSR count). The number of thioether (sulfide) groups is 1. The standard InChI is InChI=1S/C21H28N2O4S/c1-5-6-9-26-17-8-7-16(10-18(17)25-4)11-19-20(24)22-21(28-19)23-12-14(2)27-15(3)13-23/h7-8,10-11,14-15H,5-6,9,12-13H2,1-4H3/b19-11-/t14-,15+. The lowest BCUT2D eigenvalue weighted by Crippen LogP contribution is -2.47. The van der Waals surface area contributed by atoms with Crippen LogP contribution in [0.5, 0.6) is 11.5 Å². The molecule has 6 nitrogen and oxygen atoms in total. The molecule has 1 fully saturated rings. The van der Waals surface area contributed by atoms with Crippen molar-refractivity contribution in [1.82, 2.24) is 4.90 Å². The van der Waals surface area contributed by atoms with Crippen LogP contribution >= 0.6 is 11.8 Å². The van der Waals surface area contributed by atoms with Crippen LogP contribution in [0.1, 0.15) is 39.2 Å². The number of hydrogen-bond acceptors (Lipinski definition) is 6. The zero-order chi connectivity index (χ0) is 20.1. The van der Waals surface area contributed by atoms with Crippen molar-refractivity contribution in [2.45, 2.75) is 45.8 Å². The molecule has 1 aromatic carbocycles. The van der Waals surface area contributed by atoms with E-state index >= 15 is 0 Å². The average Bonchev–Trinajstić information content (AvgIpc) is 3.02. The van der Waals surface area contributed by atoms with Gasteiger partial charge in [-0.15, -0.1) is 0 Å². The summed E-state index contributed by atoms with van der Waals surface area (Å²) in [6.07, 6.45) is 4.18. The molecule has 1 aromatic rings. The number of aliphatic imine (C=N–C) groups is 1. The monoisotopic (exact) mass is 404 g/mol. The van der Waals surface area contributed by atoms with E-state index in [2.05, 4.69) is 16.8 Å². The number of benzene rings is 1. The second-order valence-electron chi connectivity index (χ2n) is 7.08. The molecular formula is C21H28N2O4S. The van der Waals surface area contributed by atoms with E-state index in [0.29, 0.717) is 17.3 Å². The highest BCUT2D eigenvalue weighted by molar-refractivity contribution is 8.18. The number of ether oxygens (including phenoxy) is 3. The van der Waals surface area contributed by atoms with E-state index in [-0.39, 0.29) is 18.1 Å². The maximum Gasteiger partial charge on any atom is 0.286 e. The maximum atomic E-state index is 12.4. The number of amides is 1. The Kier molecular flexibility index (Phi) is 7.02. The van der Waals surface area contributed by atoms with Gasteiger partial charge in [0.05, 0.1) is 30.8 Å². The van der Waals surface area contributed by atoms with E-state index in [1.54, 1.807) is 7.11 Å². The van der Waals surface area contributed by atoms with Crippen LogP contribution in [0.15, 0.2) is 28.1 Å². The van der Waals surface area contributed by atoms with Gasteiger partial charge in [-0.25, -0.2) is 0 Å². The summed E-state index contributed by atoms with van der Waals surface area (Å²) in [5.41, 5.74) is 0.885. The molecule has 0 saturated carbocycles. The fourth-order valence-electron chi connectivity index (χ4n) is 3.24. The van der Waals surface area contributed by atoms with Gasteiger partial charge in [0.1, 0.15) is 0 Å². The van der Waals surface area contributed by atoms with Crippen molar-refractivity contribution in [2.75, 3.05) is 26.8 Å². The van der Waals surface area contributed by atoms with Crippen molar-refractivity contribution in [1.29, 1.82) is 0 Å². The fourth-order valence-corrected chi connectivity index (χ4v) is 4.17. The molecule has 2 atom stereocenters. The van der Waals surface area contributed by atoms with E-state index in [0.717, 1.165) is 42.4 Å². The minimum Gasteiger partial charge on any atom is -0.493 e. The third-order valence-corrected chi connectivity index (χ3v) is 5.58. The molecule has 1 amide bonds. The molecule has 0 N–H and O–H groups in total. The van der Waals surface area contributed by atoms with Crippen LogP contribution in [-0.4, -0.2) is 55.0 Å². The Hall–Kier alpha value is -1.99. The van der Waals surface area contributed by atoms with Crippen LogP contribution in [0.3, 0.4) is 0 Å². The topological polar surface area (TPSA) is 60.4 Å². The SMILES string of the molecule is CCCCOc1ccc(/C=C2\SC(N3C[C@@H](C)O[C@@H](C)C3)=NC2=O)cc1OC. The Morgan fingerprint density at radius 3 is 2.71 bits per heavy atom. The summed E-state index contributed by atoms with van der Waals surface area (Å²) in [6.45, 7) is 8.36. The number of morpholine rings is 1. The fraction of sp³-hybridized carbons (Fsp3) is 0.524. The molecule has 2 heterocycles. The Labute approximate surface area is 170 Å². The predicted octanol–water partition coefficient (Wildman–Crippen LogP) is 3.95. The maximum absolute atomic E-state index is 12.4. The molecule has 0 bridgehead atoms. The third-order valence-electron chi connectivity index (χ3n) is 4.54. The first-order valence-electron chi connectivity index (χ1n) is 9.74. The van der Waals surface area contributed by atoms with Crippen LogP contribution in [0, 0.1) is 0 Å². The van der Waals surface area contributed by atoms with Crippen molar-refractivity contribution in [2.24, 2.45) is 4.99 Å². The van der Waals surface area contributed by atoms with Crippen molar-refractivity contribution in [3.63, 3.8) is 0 Å². The molecule has 2 aliphatic rings. The van der Waals surface area contributed by atoms with E-state index in [1.165, 1.54) is 11.8 Å². The third kappa shape index (κ3) is 5.08. The summed E-state index contributed by atoms with van der Waals surface area (Å²) >= 11 is 1.42. The Morgan fingerprint density at radius 2 is 2.04 bits per heavy atom. The molecule has 2 aliphatic heterocycles. The number of rotatable bonds is 6. The van der Waals surface area contributed by atoms with Crippen LogP contribution < -0.4 is 9.47 Å². The molecule has 0 unspecified atom stereocenters. The summed E-state index contributed by atoms with van der Waals surface area (Å²) in [4.78, 5) is 19.4. The van der Waals surface area contributed by atoms with Gasteiger partial charge in [0, 0.05) is 13.1 Å². The molecule has 152 valence electrons. The molecule has 0 spiro atoms. The number of methoxy groups -OCH3 is 1. The number of carbonyl (C=O) groups is 1. The van der Waals surface area contributed by atoms with Crippen molar-refractivity contribution < 1.29 is 19.0 Å². The van der Waals surface area contributed by atoms with Crippen molar-refractivity contribution in [3.8, 4) is 11.5 Å². The quantitative estimate of drug-likeness (QED) is 0.528. The molecule has 28 heavy (non-hydrogen) atoms. The molecule has 1 saturated heterocycles. The minimum absolute atomic E-state index is 0.125. The van der Waals surface area contributed by atoms with Gasteiger partial charge >= 0.3 is 0 Å². The Morgan fingerprint density at radius 1 is 1.29 bits per heavy atom. The number of carbonyl (C=O) groups excluding carboxylic acids is 1. The lowest BCUT2D eigenvalue weighted by molar-refractivity contribution is -0.113. The highest BCUT2D eigenvalue weighted by Gasteiger charge is 2.31. The summed E-state index contributed by atoms with van der Waals surface area (Å²) < 4.78 is 17.0. The second-order valence-corrected chi connectivity index (χ2v) is 8.09. The van der Waals surface area contributed by atoms with E-state index in [4.69, 9.17) is 14.2 Å². The smallest absolute Gasteiger partial charge is 0.286 e. The molecule has 0 aromatic heterocycles. The van der Waals surface area contributed by atoms with Gasteiger partial charge in [0.2, 0.25) is 0 Å². The number of hydrogen-bond donors (Lipinski definition) is 0. The van der Waals surface area contributed by atoms with Crippen LogP contribution in [-0.2, 0) is 9.53 Å². The van der Waals surface area contributed by atoms with Gasteiger partial charge < -0.3 is 19.1 Å². The van der Waals surface area contributed by atoms with E-state index in [1.807, 2.05) is 38.1 Å². The Balaban J connectivity index is 1.71. The largest absolute Gasteiger partial charge is 0.493 e. The van der Waals surface area contributed by atoms with Crippen LogP contribution in [0.4, 0.5) is 0 Å². The predicted molar refractivity (Wildman–Crippen MR) is 113 cm³/mol. The van der Waals surface area contributed by atoms with Gasteiger partial charge in [0.25, 0.3) is 5.91 Å². The highest BCUT2D eigenvalue weighted by atomic mass is 32.2. The number of amidine groups is 1. The number of nitrogens with zero attached hydrogens (tertiary/aromatic N) is 2. The summed E-state index contributed by atoms with van der Waals surface area (Å²) in [5.74, 6) is 1.18. The first kappa shape index (κ1) is 20.7. The second kappa shape index (κ2) is 9.47. The zero-order valence-electron chi connectivity index (χ0n) is 16.9. The first-order valence-corrected chi connectivity index (χ1v) is 10.6.